The zero-order chi connectivity index (χ0) is 24.8. The fraction of sp³-hybridized carbons (Fsp3) is 0.370. The van der Waals surface area contributed by atoms with Crippen molar-refractivity contribution in [2.45, 2.75) is 38.6 Å². The molecule has 0 aliphatic carbocycles. The highest BCUT2D eigenvalue weighted by atomic mass is 16.5. The van der Waals surface area contributed by atoms with Crippen LogP contribution in [0.5, 0.6) is 11.5 Å². The SMILES string of the molecule is CCCC(=O)NC1CCCN(C(=O)c2cn(-c3ccccc3)nc2-c2ccc(OC)cc2OC)C1. The first kappa shape index (κ1) is 24.3. The second kappa shape index (κ2) is 11.1. The van der Waals surface area contributed by atoms with Crippen LogP contribution in [0.3, 0.4) is 0 Å². The lowest BCUT2D eigenvalue weighted by atomic mass is 10.0. The van der Waals surface area contributed by atoms with Gasteiger partial charge in [-0.05, 0) is 43.5 Å². The van der Waals surface area contributed by atoms with Crippen molar-refractivity contribution in [1.29, 1.82) is 0 Å². The number of methoxy groups -OCH3 is 2. The first-order valence-corrected chi connectivity index (χ1v) is 12.0. The van der Waals surface area contributed by atoms with Crippen LogP contribution in [-0.2, 0) is 4.79 Å². The molecule has 184 valence electrons. The predicted molar refractivity (Wildman–Crippen MR) is 134 cm³/mol. The van der Waals surface area contributed by atoms with Crippen molar-refractivity contribution in [2.24, 2.45) is 0 Å². The third kappa shape index (κ3) is 5.48. The molecule has 8 nitrogen and oxygen atoms in total. The molecule has 1 saturated heterocycles. The van der Waals surface area contributed by atoms with Crippen molar-refractivity contribution in [3.8, 4) is 28.4 Å². The lowest BCUT2D eigenvalue weighted by Crippen LogP contribution is -2.49. The molecule has 1 atom stereocenters. The summed E-state index contributed by atoms with van der Waals surface area (Å²) in [4.78, 5) is 27.8. The van der Waals surface area contributed by atoms with Crippen LogP contribution in [0, 0.1) is 0 Å². The van der Waals surface area contributed by atoms with Gasteiger partial charge in [-0.15, -0.1) is 0 Å². The standard InChI is InChI=1S/C27H32N4O4/c1-4-9-25(32)28-19-10-8-15-30(17-19)27(33)23-18-31(20-11-6-5-7-12-20)29-26(23)22-14-13-21(34-2)16-24(22)35-3/h5-7,11-14,16,18-19H,4,8-10,15,17H2,1-3H3,(H,28,32). The van der Waals surface area contributed by atoms with Gasteiger partial charge in [-0.3, -0.25) is 9.59 Å². The Morgan fingerprint density at radius 1 is 1.11 bits per heavy atom. The van der Waals surface area contributed by atoms with Gasteiger partial charge in [0.05, 0.1) is 25.5 Å². The average molecular weight is 477 g/mol. The Labute approximate surface area is 205 Å². The van der Waals surface area contributed by atoms with Crippen LogP contribution in [-0.4, -0.2) is 59.8 Å². The molecule has 2 heterocycles. The van der Waals surface area contributed by atoms with Gasteiger partial charge < -0.3 is 19.7 Å². The number of likely N-dealkylation sites (tertiary alicyclic amines) is 1. The van der Waals surface area contributed by atoms with E-state index in [2.05, 4.69) is 5.32 Å². The van der Waals surface area contributed by atoms with Crippen LogP contribution in [0.1, 0.15) is 43.0 Å². The first-order valence-electron chi connectivity index (χ1n) is 12.0. The van der Waals surface area contributed by atoms with Gasteiger partial charge in [0.1, 0.15) is 17.2 Å². The van der Waals surface area contributed by atoms with Crippen LogP contribution in [0.25, 0.3) is 16.9 Å². The lowest BCUT2D eigenvalue weighted by molar-refractivity contribution is -0.122. The van der Waals surface area contributed by atoms with Crippen LogP contribution < -0.4 is 14.8 Å². The molecule has 1 fully saturated rings. The fourth-order valence-corrected chi connectivity index (χ4v) is 4.41. The highest BCUT2D eigenvalue weighted by Gasteiger charge is 2.29. The summed E-state index contributed by atoms with van der Waals surface area (Å²) in [6, 6.07) is 15.1. The normalized spacial score (nSPS) is 15.5. The maximum absolute atomic E-state index is 13.8. The van der Waals surface area contributed by atoms with Gasteiger partial charge in [0, 0.05) is 43.4 Å². The molecule has 2 aromatic carbocycles. The van der Waals surface area contributed by atoms with Gasteiger partial charge >= 0.3 is 0 Å². The Morgan fingerprint density at radius 2 is 1.91 bits per heavy atom. The molecule has 35 heavy (non-hydrogen) atoms. The minimum atomic E-state index is -0.116. The van der Waals surface area contributed by atoms with E-state index in [1.54, 1.807) is 31.2 Å². The smallest absolute Gasteiger partial charge is 0.257 e. The number of ether oxygens (including phenoxy) is 2. The van der Waals surface area contributed by atoms with Crippen LogP contribution in [0.2, 0.25) is 0 Å². The zero-order valence-corrected chi connectivity index (χ0v) is 20.5. The lowest BCUT2D eigenvalue weighted by Gasteiger charge is -2.33. The summed E-state index contributed by atoms with van der Waals surface area (Å²) < 4.78 is 12.7. The van der Waals surface area contributed by atoms with Crippen molar-refractivity contribution in [3.05, 3.63) is 60.3 Å². The quantitative estimate of drug-likeness (QED) is 0.530. The summed E-state index contributed by atoms with van der Waals surface area (Å²) in [7, 11) is 3.18. The van der Waals surface area contributed by atoms with E-state index in [0.717, 1.165) is 24.9 Å². The summed E-state index contributed by atoms with van der Waals surface area (Å²) >= 11 is 0. The van der Waals surface area contributed by atoms with E-state index in [4.69, 9.17) is 14.6 Å². The molecule has 1 aliphatic rings. The van der Waals surface area contributed by atoms with Crippen LogP contribution >= 0.6 is 0 Å². The molecule has 1 aromatic heterocycles. The van der Waals surface area contributed by atoms with E-state index < -0.39 is 0 Å². The highest BCUT2D eigenvalue weighted by molar-refractivity contribution is 6.00. The molecule has 0 spiro atoms. The summed E-state index contributed by atoms with van der Waals surface area (Å²) in [5, 5.41) is 7.88. The van der Waals surface area contributed by atoms with Crippen LogP contribution in [0.15, 0.2) is 54.7 Å². The number of carbonyl (C=O) groups excluding carboxylic acids is 2. The molecule has 1 aliphatic heterocycles. The minimum Gasteiger partial charge on any atom is -0.497 e. The Bertz CT molecular complexity index is 1180. The Kier molecular flexibility index (Phi) is 7.70. The van der Waals surface area contributed by atoms with Gasteiger partial charge in [0.25, 0.3) is 5.91 Å². The fourth-order valence-electron chi connectivity index (χ4n) is 4.41. The summed E-state index contributed by atoms with van der Waals surface area (Å²) in [6.45, 7) is 3.09. The third-order valence-electron chi connectivity index (χ3n) is 6.18. The van der Waals surface area contributed by atoms with Crippen molar-refractivity contribution in [1.82, 2.24) is 20.0 Å². The van der Waals surface area contributed by atoms with E-state index in [0.29, 0.717) is 47.8 Å². The molecule has 0 bridgehead atoms. The molecule has 8 heteroatoms. The Balaban J connectivity index is 1.70. The molecule has 1 N–H and O–H groups in total. The van der Waals surface area contributed by atoms with Gasteiger partial charge in [-0.25, -0.2) is 4.68 Å². The second-order valence-electron chi connectivity index (χ2n) is 8.65. The number of aromatic nitrogens is 2. The number of para-hydroxylation sites is 1. The summed E-state index contributed by atoms with van der Waals surface area (Å²) in [5.41, 5.74) is 2.58. The molecule has 1 unspecified atom stereocenters. The van der Waals surface area contributed by atoms with Crippen molar-refractivity contribution in [2.75, 3.05) is 27.3 Å². The molecule has 3 aromatic rings. The average Bonchev–Trinajstić information content (AvgIpc) is 3.34. The highest BCUT2D eigenvalue weighted by Crippen LogP contribution is 2.35. The van der Waals surface area contributed by atoms with E-state index >= 15 is 0 Å². The molecule has 4 rings (SSSR count). The minimum absolute atomic E-state index is 0.0346. The number of amides is 2. The first-order chi connectivity index (χ1) is 17.0. The number of carbonyl (C=O) groups is 2. The second-order valence-corrected chi connectivity index (χ2v) is 8.65. The van der Waals surface area contributed by atoms with Crippen molar-refractivity contribution >= 4 is 11.8 Å². The predicted octanol–water partition coefficient (Wildman–Crippen LogP) is 4.08. The zero-order valence-electron chi connectivity index (χ0n) is 20.5. The summed E-state index contributed by atoms with van der Waals surface area (Å²) in [6.07, 6.45) is 4.76. The number of hydrogen-bond donors (Lipinski definition) is 1. The Morgan fingerprint density at radius 3 is 2.63 bits per heavy atom. The Hall–Kier alpha value is -3.81. The van der Waals surface area contributed by atoms with Crippen LogP contribution in [0.4, 0.5) is 0 Å². The number of hydrogen-bond acceptors (Lipinski definition) is 5. The topological polar surface area (TPSA) is 85.7 Å². The van der Waals surface area contributed by atoms with E-state index in [1.165, 1.54) is 0 Å². The van der Waals surface area contributed by atoms with Crippen molar-refractivity contribution < 1.29 is 19.1 Å². The molecule has 2 amide bonds. The van der Waals surface area contributed by atoms with Gasteiger partial charge in [-0.2, -0.15) is 5.10 Å². The molecular weight excluding hydrogens is 444 g/mol. The number of piperidine rings is 1. The van der Waals surface area contributed by atoms with Gasteiger partial charge in [0.2, 0.25) is 5.91 Å². The maximum Gasteiger partial charge on any atom is 0.257 e. The summed E-state index contributed by atoms with van der Waals surface area (Å²) in [5.74, 6) is 1.14. The number of nitrogens with one attached hydrogen (secondary N) is 1. The van der Waals surface area contributed by atoms with Gasteiger partial charge in [-0.1, -0.05) is 25.1 Å². The monoisotopic (exact) mass is 476 g/mol. The van der Waals surface area contributed by atoms with Crippen molar-refractivity contribution in [3.63, 3.8) is 0 Å². The van der Waals surface area contributed by atoms with E-state index in [9.17, 15) is 9.59 Å². The molecule has 0 radical (unpaired) electrons. The number of benzene rings is 2. The number of rotatable bonds is 8. The number of nitrogens with zero attached hydrogens (tertiary/aromatic N) is 3. The van der Waals surface area contributed by atoms with E-state index in [1.807, 2.05) is 54.3 Å². The van der Waals surface area contributed by atoms with E-state index in [-0.39, 0.29) is 17.9 Å². The molecule has 0 saturated carbocycles. The molecular formula is C27H32N4O4. The third-order valence-corrected chi connectivity index (χ3v) is 6.18. The maximum atomic E-state index is 13.8. The largest absolute Gasteiger partial charge is 0.497 e. The van der Waals surface area contributed by atoms with Gasteiger partial charge in [0.15, 0.2) is 0 Å².